The average Bonchev–Trinajstić information content (AvgIpc) is 2.44. The van der Waals surface area contributed by atoms with Gasteiger partial charge in [-0.3, -0.25) is 4.98 Å². The Labute approximate surface area is 123 Å². The van der Waals surface area contributed by atoms with Gasteiger partial charge in [-0.25, -0.2) is 17.1 Å². The smallest absolute Gasteiger partial charge is 0.243 e. The van der Waals surface area contributed by atoms with Crippen LogP contribution in [0.15, 0.2) is 47.6 Å². The number of pyridine rings is 1. The minimum absolute atomic E-state index is 0.0797. The Morgan fingerprint density at radius 3 is 2.52 bits per heavy atom. The molecule has 1 aromatic carbocycles. The van der Waals surface area contributed by atoms with Crippen LogP contribution in [-0.2, 0) is 16.4 Å². The summed E-state index contributed by atoms with van der Waals surface area (Å²) < 4.78 is 39.2. The molecule has 5 nitrogen and oxygen atoms in total. The number of hydrogen-bond donors (Lipinski definition) is 1. The van der Waals surface area contributed by atoms with Crippen molar-refractivity contribution in [2.24, 2.45) is 0 Å². The number of nitrogens with two attached hydrogens (primary N) is 1. The minimum atomic E-state index is -3.76. The molecule has 0 fully saturated rings. The maximum atomic E-state index is 13.3. The molecule has 0 bridgehead atoms. The van der Waals surface area contributed by atoms with Crippen molar-refractivity contribution in [3.8, 4) is 0 Å². The molecule has 0 aliphatic rings. The Hall–Kier alpha value is -1.99. The van der Waals surface area contributed by atoms with Crippen LogP contribution < -0.4 is 5.73 Å². The number of anilines is 1. The molecule has 112 valence electrons. The standard InChI is InChI=1S/C14H16FN3O2S/c1-18(7-4-11-2-5-17-6-3-11)21(19,20)14-9-12(15)8-13(16)10-14/h2-3,5-6,8-10H,4,7,16H2,1H3. The summed E-state index contributed by atoms with van der Waals surface area (Å²) in [6, 6.07) is 6.94. The molecule has 2 rings (SSSR count). The van der Waals surface area contributed by atoms with Gasteiger partial charge in [-0.2, -0.15) is 0 Å². The van der Waals surface area contributed by atoms with Gasteiger partial charge in [0, 0.05) is 31.7 Å². The highest BCUT2D eigenvalue weighted by Gasteiger charge is 2.21. The molecule has 2 aromatic rings. The zero-order valence-corrected chi connectivity index (χ0v) is 12.3. The monoisotopic (exact) mass is 309 g/mol. The molecule has 0 radical (unpaired) electrons. The summed E-state index contributed by atoms with van der Waals surface area (Å²) in [6.45, 7) is 0.281. The zero-order valence-electron chi connectivity index (χ0n) is 11.5. The van der Waals surface area contributed by atoms with Crippen molar-refractivity contribution >= 4 is 15.7 Å². The highest BCUT2D eigenvalue weighted by atomic mass is 32.2. The van der Waals surface area contributed by atoms with Gasteiger partial charge in [0.15, 0.2) is 0 Å². The Bertz CT molecular complexity index is 700. The molecule has 0 saturated heterocycles. The van der Waals surface area contributed by atoms with E-state index in [0.717, 1.165) is 17.7 Å². The lowest BCUT2D eigenvalue weighted by atomic mass is 10.2. The summed E-state index contributed by atoms with van der Waals surface area (Å²) in [7, 11) is -2.30. The Morgan fingerprint density at radius 2 is 1.90 bits per heavy atom. The van der Waals surface area contributed by atoms with E-state index in [2.05, 4.69) is 4.98 Å². The average molecular weight is 309 g/mol. The van der Waals surface area contributed by atoms with Crippen molar-refractivity contribution in [1.82, 2.24) is 9.29 Å². The number of nitrogen functional groups attached to an aromatic ring is 1. The van der Waals surface area contributed by atoms with E-state index in [4.69, 9.17) is 5.73 Å². The summed E-state index contributed by atoms with van der Waals surface area (Å²) >= 11 is 0. The minimum Gasteiger partial charge on any atom is -0.399 e. The number of likely N-dealkylation sites (N-methyl/N-ethyl adjacent to an activating group) is 1. The summed E-state index contributed by atoms with van der Waals surface area (Å²) in [5.74, 6) is -0.670. The van der Waals surface area contributed by atoms with Gasteiger partial charge in [-0.1, -0.05) is 0 Å². The molecule has 0 unspecified atom stereocenters. The molecular weight excluding hydrogens is 293 g/mol. The lowest BCUT2D eigenvalue weighted by Gasteiger charge is -2.17. The molecule has 2 N–H and O–H groups in total. The predicted molar refractivity (Wildman–Crippen MR) is 78.6 cm³/mol. The van der Waals surface area contributed by atoms with Crippen molar-refractivity contribution in [2.75, 3.05) is 19.3 Å². The van der Waals surface area contributed by atoms with Crippen LogP contribution in [-0.4, -0.2) is 31.3 Å². The SMILES string of the molecule is CN(CCc1ccncc1)S(=O)(=O)c1cc(N)cc(F)c1. The van der Waals surface area contributed by atoms with Gasteiger partial charge in [-0.15, -0.1) is 0 Å². The molecule has 1 aromatic heterocycles. The van der Waals surface area contributed by atoms with Crippen molar-refractivity contribution in [3.05, 3.63) is 54.1 Å². The van der Waals surface area contributed by atoms with Gasteiger partial charge in [-0.05, 0) is 42.3 Å². The number of sulfonamides is 1. The normalized spacial score (nSPS) is 11.8. The van der Waals surface area contributed by atoms with Crippen molar-refractivity contribution < 1.29 is 12.8 Å². The highest BCUT2D eigenvalue weighted by molar-refractivity contribution is 7.89. The van der Waals surface area contributed by atoms with E-state index >= 15 is 0 Å². The number of benzene rings is 1. The Balaban J connectivity index is 2.15. The van der Waals surface area contributed by atoms with Crippen LogP contribution in [0, 0.1) is 5.82 Å². The van der Waals surface area contributed by atoms with E-state index < -0.39 is 15.8 Å². The van der Waals surface area contributed by atoms with Crippen LogP contribution >= 0.6 is 0 Å². The van der Waals surface area contributed by atoms with Gasteiger partial charge in [0.25, 0.3) is 0 Å². The van der Waals surface area contributed by atoms with Gasteiger partial charge in [0.05, 0.1) is 4.90 Å². The fraction of sp³-hybridized carbons (Fsp3) is 0.214. The fourth-order valence-electron chi connectivity index (χ4n) is 1.87. The molecule has 21 heavy (non-hydrogen) atoms. The second-order valence-electron chi connectivity index (χ2n) is 4.65. The Kier molecular flexibility index (Phi) is 4.54. The first-order valence-corrected chi connectivity index (χ1v) is 7.75. The number of aromatic nitrogens is 1. The number of nitrogens with zero attached hydrogens (tertiary/aromatic N) is 2. The quantitative estimate of drug-likeness (QED) is 0.852. The van der Waals surface area contributed by atoms with Crippen molar-refractivity contribution in [3.63, 3.8) is 0 Å². The largest absolute Gasteiger partial charge is 0.399 e. The number of hydrogen-bond acceptors (Lipinski definition) is 4. The topological polar surface area (TPSA) is 76.3 Å². The third-order valence-corrected chi connectivity index (χ3v) is 4.90. The van der Waals surface area contributed by atoms with Crippen molar-refractivity contribution in [1.29, 1.82) is 0 Å². The first-order chi connectivity index (χ1) is 9.89. The number of rotatable bonds is 5. The summed E-state index contributed by atoms with van der Waals surface area (Å²) in [5, 5.41) is 0. The predicted octanol–water partition coefficient (Wildman–Crippen LogP) is 1.67. The molecule has 1 heterocycles. The van der Waals surface area contributed by atoms with Crippen molar-refractivity contribution in [2.45, 2.75) is 11.3 Å². The molecule has 0 spiro atoms. The molecule has 7 heteroatoms. The first kappa shape index (κ1) is 15.4. The Morgan fingerprint density at radius 1 is 1.24 bits per heavy atom. The van der Waals surface area contributed by atoms with E-state index in [1.165, 1.54) is 17.4 Å². The number of halogens is 1. The summed E-state index contributed by atoms with van der Waals surface area (Å²) in [4.78, 5) is 3.76. The van der Waals surface area contributed by atoms with Gasteiger partial charge < -0.3 is 5.73 Å². The van der Waals surface area contributed by atoms with Gasteiger partial charge in [0.1, 0.15) is 5.82 Å². The molecule has 0 aliphatic carbocycles. The molecule has 0 amide bonds. The van der Waals surface area contributed by atoms with Crippen LogP contribution in [0.3, 0.4) is 0 Å². The highest BCUT2D eigenvalue weighted by Crippen LogP contribution is 2.19. The van der Waals surface area contributed by atoms with Crippen LogP contribution in [0.25, 0.3) is 0 Å². The van der Waals surface area contributed by atoms with Gasteiger partial charge >= 0.3 is 0 Å². The lowest BCUT2D eigenvalue weighted by molar-refractivity contribution is 0.471. The van der Waals surface area contributed by atoms with Crippen LogP contribution in [0.1, 0.15) is 5.56 Å². The van der Waals surface area contributed by atoms with Crippen LogP contribution in [0.5, 0.6) is 0 Å². The second kappa shape index (κ2) is 6.19. The maximum Gasteiger partial charge on any atom is 0.243 e. The van der Waals surface area contributed by atoms with Crippen LogP contribution in [0.4, 0.5) is 10.1 Å². The van der Waals surface area contributed by atoms with E-state index in [-0.39, 0.29) is 17.1 Å². The van der Waals surface area contributed by atoms with Gasteiger partial charge in [0.2, 0.25) is 10.0 Å². The molecule has 0 atom stereocenters. The summed E-state index contributed by atoms with van der Waals surface area (Å²) in [6.07, 6.45) is 3.84. The molecule has 0 aliphatic heterocycles. The fourth-order valence-corrected chi connectivity index (χ4v) is 3.11. The lowest BCUT2D eigenvalue weighted by Crippen LogP contribution is -2.29. The molecular formula is C14H16FN3O2S. The van der Waals surface area contributed by atoms with Crippen LogP contribution in [0.2, 0.25) is 0 Å². The second-order valence-corrected chi connectivity index (χ2v) is 6.70. The molecule has 0 saturated carbocycles. The summed E-state index contributed by atoms with van der Waals surface area (Å²) in [5.41, 5.74) is 6.55. The third kappa shape index (κ3) is 3.77. The van der Waals surface area contributed by atoms with E-state index in [1.807, 2.05) is 12.1 Å². The third-order valence-electron chi connectivity index (χ3n) is 3.07. The maximum absolute atomic E-state index is 13.3. The van der Waals surface area contributed by atoms with E-state index in [9.17, 15) is 12.8 Å². The van der Waals surface area contributed by atoms with E-state index in [0.29, 0.717) is 6.42 Å². The first-order valence-electron chi connectivity index (χ1n) is 6.31. The zero-order chi connectivity index (χ0) is 15.5. The van der Waals surface area contributed by atoms with E-state index in [1.54, 1.807) is 12.4 Å².